The highest BCUT2D eigenvalue weighted by Crippen LogP contribution is 2.19. The van der Waals surface area contributed by atoms with Gasteiger partial charge in [-0.3, -0.25) is 4.66 Å². The molecule has 0 aromatic carbocycles. The van der Waals surface area contributed by atoms with Crippen LogP contribution in [0.4, 0.5) is 5.82 Å². The molecule has 0 fully saturated rings. The van der Waals surface area contributed by atoms with Crippen LogP contribution >= 0.6 is 11.9 Å². The van der Waals surface area contributed by atoms with Crippen molar-refractivity contribution in [2.75, 3.05) is 33.2 Å². The monoisotopic (exact) mass is 563 g/mol. The van der Waals surface area contributed by atoms with Gasteiger partial charge in [0.15, 0.2) is 0 Å². The molecule has 3 heterocycles. The smallest absolute Gasteiger partial charge is 0.137 e. The molecule has 9 heteroatoms. The highest BCUT2D eigenvalue weighted by Gasteiger charge is 2.10. The van der Waals surface area contributed by atoms with Crippen LogP contribution < -0.4 is 11.9 Å². The molecule has 0 bridgehead atoms. The second-order valence-corrected chi connectivity index (χ2v) is 10.2. The summed E-state index contributed by atoms with van der Waals surface area (Å²) in [5, 5.41) is 0. The summed E-state index contributed by atoms with van der Waals surface area (Å²) >= 11 is 3.64. The molecule has 0 saturated carbocycles. The molecule has 39 heavy (non-hydrogen) atoms. The molecule has 3 aromatic heterocycles. The Morgan fingerprint density at radius 3 is 1.67 bits per heavy atom. The summed E-state index contributed by atoms with van der Waals surface area (Å²) in [6, 6.07) is 12.6. The van der Waals surface area contributed by atoms with Crippen molar-refractivity contribution in [3.8, 4) is 5.82 Å². The molecular weight excluding hydrogens is 514 g/mol. The van der Waals surface area contributed by atoms with Gasteiger partial charge in [0.05, 0.1) is 11.9 Å². The number of ether oxygens (including phenoxy) is 2. The average Bonchev–Trinajstić information content (AvgIpc) is 3.19. The highest BCUT2D eigenvalue weighted by molar-refractivity contribution is 6.04. The third-order valence-electron chi connectivity index (χ3n) is 6.30. The van der Waals surface area contributed by atoms with E-state index in [0.717, 1.165) is 50.4 Å². The van der Waals surface area contributed by atoms with E-state index < -0.39 is 0 Å². The molecule has 0 spiro atoms. The van der Waals surface area contributed by atoms with Crippen LogP contribution in [0.15, 0.2) is 36.4 Å². The largest absolute Gasteiger partial charge is 0.385 e. The Hall–Kier alpha value is -2.49. The zero-order chi connectivity index (χ0) is 28.7. The molecule has 0 radical (unpaired) electrons. The SMILES string of the molecule is COCCC(C)Cc1cc(C)cc(-n2c(C)ccc2C)n1.COCCC(C)Cc1cc(C)cc(N)n1.N.OCl. The van der Waals surface area contributed by atoms with Gasteiger partial charge in [-0.05, 0) is 113 Å². The van der Waals surface area contributed by atoms with E-state index in [2.05, 4.69) is 86.4 Å². The van der Waals surface area contributed by atoms with Crippen LogP contribution in [0.1, 0.15) is 60.6 Å². The molecule has 0 aliphatic rings. The van der Waals surface area contributed by atoms with E-state index in [-0.39, 0.29) is 6.15 Å². The van der Waals surface area contributed by atoms with E-state index in [0.29, 0.717) is 17.7 Å². The molecule has 0 aliphatic heterocycles. The summed E-state index contributed by atoms with van der Waals surface area (Å²) in [4.78, 5) is 9.19. The number of hydrogen-bond donors (Lipinski definition) is 3. The maximum atomic E-state index is 6.47. The van der Waals surface area contributed by atoms with Crippen molar-refractivity contribution in [1.82, 2.24) is 20.7 Å². The summed E-state index contributed by atoms with van der Waals surface area (Å²) in [6.07, 6.45) is 4.10. The number of hydrogen-bond acceptors (Lipinski definition) is 7. The van der Waals surface area contributed by atoms with E-state index in [1.54, 1.807) is 14.2 Å². The summed E-state index contributed by atoms with van der Waals surface area (Å²) in [7, 11) is 3.49. The third kappa shape index (κ3) is 13.4. The number of rotatable bonds is 11. The third-order valence-corrected chi connectivity index (χ3v) is 6.30. The van der Waals surface area contributed by atoms with E-state index in [4.69, 9.17) is 24.9 Å². The van der Waals surface area contributed by atoms with Crippen LogP contribution in [-0.4, -0.2) is 46.6 Å². The van der Waals surface area contributed by atoms with Crippen LogP contribution in [0.3, 0.4) is 0 Å². The highest BCUT2D eigenvalue weighted by atomic mass is 35.5. The normalized spacial score (nSPS) is 11.8. The molecule has 0 aliphatic carbocycles. The van der Waals surface area contributed by atoms with E-state index in [1.807, 2.05) is 13.0 Å². The summed E-state index contributed by atoms with van der Waals surface area (Å²) in [5.74, 6) is 2.81. The Morgan fingerprint density at radius 2 is 1.23 bits per heavy atom. The second kappa shape index (κ2) is 19.6. The minimum atomic E-state index is 0. The minimum Gasteiger partial charge on any atom is -0.385 e. The van der Waals surface area contributed by atoms with Crippen molar-refractivity contribution in [3.63, 3.8) is 0 Å². The lowest BCUT2D eigenvalue weighted by molar-refractivity contribution is 0.180. The Morgan fingerprint density at radius 1 is 0.795 bits per heavy atom. The van der Waals surface area contributed by atoms with Crippen molar-refractivity contribution in [2.45, 2.75) is 67.2 Å². The number of nitrogens with two attached hydrogens (primary N) is 1. The Bertz CT molecular complexity index is 1050. The van der Waals surface area contributed by atoms with Crippen molar-refractivity contribution in [3.05, 3.63) is 70.3 Å². The molecule has 8 nitrogen and oxygen atoms in total. The molecule has 2 atom stereocenters. The topological polar surface area (TPSA) is 130 Å². The van der Waals surface area contributed by atoms with Gasteiger partial charge in [0.2, 0.25) is 0 Å². The van der Waals surface area contributed by atoms with E-state index >= 15 is 0 Å². The lowest BCUT2D eigenvalue weighted by Gasteiger charge is -2.14. The fraction of sp³-hybridized carbons (Fsp3) is 0.533. The molecule has 220 valence electrons. The number of nitrogens with zero attached hydrogens (tertiary/aromatic N) is 3. The zero-order valence-corrected chi connectivity index (χ0v) is 25.9. The number of pyridine rings is 2. The molecule has 0 saturated heterocycles. The number of aryl methyl sites for hydroxylation is 4. The first-order valence-electron chi connectivity index (χ1n) is 13.1. The number of aromatic nitrogens is 3. The minimum absolute atomic E-state index is 0. The van der Waals surface area contributed by atoms with Gasteiger partial charge in [-0.1, -0.05) is 13.8 Å². The van der Waals surface area contributed by atoms with Gasteiger partial charge in [-0.2, -0.15) is 0 Å². The Labute approximate surface area is 240 Å². The van der Waals surface area contributed by atoms with Gasteiger partial charge in [0.25, 0.3) is 0 Å². The number of anilines is 1. The molecular formula is C30H50ClN5O3. The number of nitrogen functional groups attached to an aromatic ring is 1. The van der Waals surface area contributed by atoms with Gasteiger partial charge in [-0.15, -0.1) is 0 Å². The fourth-order valence-corrected chi connectivity index (χ4v) is 4.40. The lowest BCUT2D eigenvalue weighted by atomic mass is 10.0. The van der Waals surface area contributed by atoms with E-state index in [1.165, 1.54) is 28.2 Å². The van der Waals surface area contributed by atoms with Crippen LogP contribution in [0.25, 0.3) is 5.82 Å². The van der Waals surface area contributed by atoms with Crippen molar-refractivity contribution in [1.29, 1.82) is 0 Å². The summed E-state index contributed by atoms with van der Waals surface area (Å²) in [6.45, 7) is 14.5. The second-order valence-electron chi connectivity index (χ2n) is 10.2. The predicted octanol–water partition coefficient (Wildman–Crippen LogP) is 6.49. The summed E-state index contributed by atoms with van der Waals surface area (Å²) < 4.78 is 18.9. The van der Waals surface area contributed by atoms with Gasteiger partial charge in [-0.25, -0.2) is 9.97 Å². The van der Waals surface area contributed by atoms with Crippen molar-refractivity contribution in [2.24, 2.45) is 11.8 Å². The fourth-order valence-electron chi connectivity index (χ4n) is 4.40. The first-order valence-corrected chi connectivity index (χ1v) is 13.5. The van der Waals surface area contributed by atoms with Crippen LogP contribution in [0.5, 0.6) is 0 Å². The van der Waals surface area contributed by atoms with E-state index in [9.17, 15) is 0 Å². The Balaban J connectivity index is 0.000000712. The van der Waals surface area contributed by atoms with Crippen LogP contribution in [0.2, 0.25) is 0 Å². The lowest BCUT2D eigenvalue weighted by Crippen LogP contribution is -2.08. The molecule has 0 amide bonds. The number of halogens is 1. The van der Waals surface area contributed by atoms with Crippen molar-refractivity contribution >= 4 is 17.7 Å². The van der Waals surface area contributed by atoms with Gasteiger partial charge in [0.1, 0.15) is 11.6 Å². The number of methoxy groups -OCH3 is 2. The standard InChI is InChI=1S/C18H26N2O.C12H20N2O.ClHO.H3N/c1-13(8-9-21-5)10-17-11-14(2)12-18(19-17)20-15(3)6-7-16(20)4;1-9(4-5-15-3)6-11-7-10(2)8-12(13)14-11;1-2;/h6-7,11-13H,8-10H2,1-5H3;7-9H,4-6H2,1-3H3,(H2,13,14);2H;1H3. The molecule has 6 N–H and O–H groups in total. The predicted molar refractivity (Wildman–Crippen MR) is 163 cm³/mol. The molecule has 3 rings (SSSR count). The van der Waals surface area contributed by atoms with Crippen LogP contribution in [-0.2, 0) is 22.3 Å². The summed E-state index contributed by atoms with van der Waals surface area (Å²) in [5.41, 5.74) is 12.8. The quantitative estimate of drug-likeness (QED) is 0.243. The van der Waals surface area contributed by atoms with Crippen molar-refractivity contribution < 1.29 is 14.1 Å². The van der Waals surface area contributed by atoms with Gasteiger partial charge >= 0.3 is 0 Å². The zero-order valence-electron chi connectivity index (χ0n) is 25.1. The maximum Gasteiger partial charge on any atom is 0.137 e. The van der Waals surface area contributed by atoms with Gasteiger partial charge in [0, 0.05) is 50.2 Å². The first-order chi connectivity index (χ1) is 18.1. The van der Waals surface area contributed by atoms with Gasteiger partial charge < -0.3 is 25.9 Å². The maximum absolute atomic E-state index is 6.47. The van der Waals surface area contributed by atoms with Crippen LogP contribution in [0, 0.1) is 39.5 Å². The Kier molecular flexibility index (Phi) is 18.3. The average molecular weight is 564 g/mol. The molecule has 3 aromatic rings. The first kappa shape index (κ1) is 36.5. The molecule has 2 unspecified atom stereocenters.